The summed E-state index contributed by atoms with van der Waals surface area (Å²) in [6.07, 6.45) is 3.87. The fourth-order valence-electron chi connectivity index (χ4n) is 2.66. The number of pyridine rings is 1. The van der Waals surface area contributed by atoms with E-state index in [1.165, 1.54) is 0 Å². The number of benzene rings is 1. The van der Waals surface area contributed by atoms with Gasteiger partial charge in [0.2, 0.25) is 0 Å². The number of fused-ring (bicyclic) bond motifs is 1. The molecule has 0 saturated heterocycles. The van der Waals surface area contributed by atoms with Gasteiger partial charge in [0.05, 0.1) is 24.4 Å². The summed E-state index contributed by atoms with van der Waals surface area (Å²) < 4.78 is 7.65. The zero-order valence-electron chi connectivity index (χ0n) is 12.3. The van der Waals surface area contributed by atoms with Gasteiger partial charge in [-0.1, -0.05) is 24.3 Å². The van der Waals surface area contributed by atoms with Crippen LogP contribution in [0.3, 0.4) is 0 Å². The van der Waals surface area contributed by atoms with Crippen LogP contribution in [0.2, 0.25) is 0 Å². The largest absolute Gasteiger partial charge is 0.494 e. The van der Waals surface area contributed by atoms with Crippen LogP contribution in [0.25, 0.3) is 5.52 Å². The highest BCUT2D eigenvalue weighted by molar-refractivity contribution is 5.58. The molecule has 1 N–H and O–H groups in total. The van der Waals surface area contributed by atoms with Crippen molar-refractivity contribution in [3.63, 3.8) is 0 Å². The molecule has 21 heavy (non-hydrogen) atoms. The Morgan fingerprint density at radius 2 is 1.95 bits per heavy atom. The van der Waals surface area contributed by atoms with E-state index in [1.54, 1.807) is 0 Å². The zero-order chi connectivity index (χ0) is 14.7. The summed E-state index contributed by atoms with van der Waals surface area (Å²) in [4.78, 5) is 0. The highest BCUT2D eigenvalue weighted by Gasteiger charge is 2.19. The summed E-state index contributed by atoms with van der Waals surface area (Å²) in [5.41, 5.74) is 3.37. The lowest BCUT2D eigenvalue weighted by Gasteiger charge is -2.19. The van der Waals surface area contributed by atoms with Gasteiger partial charge in [-0.05, 0) is 32.2 Å². The summed E-state index contributed by atoms with van der Waals surface area (Å²) >= 11 is 0. The molecule has 108 valence electrons. The molecule has 0 bridgehead atoms. The number of para-hydroxylation sites is 1. The zero-order valence-corrected chi connectivity index (χ0v) is 12.3. The van der Waals surface area contributed by atoms with Crippen LogP contribution in [0.4, 0.5) is 0 Å². The van der Waals surface area contributed by atoms with Gasteiger partial charge >= 0.3 is 0 Å². The molecule has 0 aliphatic heterocycles. The number of nitrogens with one attached hydrogen (secondary N) is 1. The van der Waals surface area contributed by atoms with E-state index in [1.807, 2.05) is 61.2 Å². The molecular weight excluding hydrogens is 262 g/mol. The highest BCUT2D eigenvalue weighted by Crippen LogP contribution is 2.31. The average molecular weight is 281 g/mol. The Morgan fingerprint density at radius 3 is 2.76 bits per heavy atom. The lowest BCUT2D eigenvalue weighted by Crippen LogP contribution is -2.18. The molecule has 4 nitrogen and oxygen atoms in total. The smallest absolute Gasteiger partial charge is 0.124 e. The minimum Gasteiger partial charge on any atom is -0.494 e. The van der Waals surface area contributed by atoms with Crippen molar-refractivity contribution in [3.8, 4) is 5.75 Å². The Hall–Kier alpha value is -2.33. The molecule has 0 radical (unpaired) electrons. The van der Waals surface area contributed by atoms with Crippen LogP contribution >= 0.6 is 0 Å². The van der Waals surface area contributed by atoms with Crippen molar-refractivity contribution in [2.75, 3.05) is 13.7 Å². The number of nitrogens with zero attached hydrogens (tertiary/aromatic N) is 2. The van der Waals surface area contributed by atoms with E-state index in [9.17, 15) is 0 Å². The van der Waals surface area contributed by atoms with E-state index in [0.717, 1.165) is 22.4 Å². The van der Waals surface area contributed by atoms with Crippen LogP contribution in [0, 0.1) is 0 Å². The van der Waals surface area contributed by atoms with Crippen LogP contribution in [-0.2, 0) is 0 Å². The number of hydrogen-bond donors (Lipinski definition) is 1. The second-order valence-corrected chi connectivity index (χ2v) is 4.82. The highest BCUT2D eigenvalue weighted by atomic mass is 16.5. The molecule has 0 fully saturated rings. The number of aromatic nitrogens is 2. The van der Waals surface area contributed by atoms with E-state index in [0.29, 0.717) is 6.61 Å². The Balaban J connectivity index is 2.10. The van der Waals surface area contributed by atoms with Gasteiger partial charge in [0.15, 0.2) is 0 Å². The van der Waals surface area contributed by atoms with E-state index >= 15 is 0 Å². The fourth-order valence-corrected chi connectivity index (χ4v) is 2.66. The van der Waals surface area contributed by atoms with Crippen LogP contribution < -0.4 is 10.1 Å². The van der Waals surface area contributed by atoms with Crippen molar-refractivity contribution >= 4 is 5.52 Å². The van der Waals surface area contributed by atoms with Crippen molar-refractivity contribution in [2.45, 2.75) is 13.0 Å². The molecular formula is C17H19N3O. The molecule has 0 aliphatic carbocycles. The topological polar surface area (TPSA) is 38.6 Å². The minimum atomic E-state index is 0.0487. The number of rotatable bonds is 5. The molecule has 4 heteroatoms. The molecule has 1 aromatic carbocycles. The van der Waals surface area contributed by atoms with Crippen molar-refractivity contribution in [3.05, 3.63) is 66.0 Å². The molecule has 2 heterocycles. The lowest BCUT2D eigenvalue weighted by atomic mass is 9.99. The maximum Gasteiger partial charge on any atom is 0.124 e. The fraction of sp³-hybridized carbons (Fsp3) is 0.235. The Bertz CT molecular complexity index is 735. The average Bonchev–Trinajstić information content (AvgIpc) is 2.94. The van der Waals surface area contributed by atoms with Crippen molar-refractivity contribution in [1.82, 2.24) is 14.9 Å². The first-order chi connectivity index (χ1) is 10.3. The van der Waals surface area contributed by atoms with Gasteiger partial charge in [-0.15, -0.1) is 0 Å². The Kier molecular flexibility index (Phi) is 3.88. The first-order valence-electron chi connectivity index (χ1n) is 7.16. The number of ether oxygens (including phenoxy) is 1. The van der Waals surface area contributed by atoms with E-state index in [-0.39, 0.29) is 6.04 Å². The normalized spacial score (nSPS) is 12.5. The first-order valence-corrected chi connectivity index (χ1v) is 7.16. The van der Waals surface area contributed by atoms with Crippen LogP contribution in [0.1, 0.15) is 24.1 Å². The maximum atomic E-state index is 5.76. The van der Waals surface area contributed by atoms with Gasteiger partial charge < -0.3 is 10.1 Å². The van der Waals surface area contributed by atoms with Crippen LogP contribution in [0.5, 0.6) is 5.75 Å². The Morgan fingerprint density at radius 1 is 1.14 bits per heavy atom. The minimum absolute atomic E-state index is 0.0487. The maximum absolute atomic E-state index is 5.76. The van der Waals surface area contributed by atoms with Crippen molar-refractivity contribution < 1.29 is 4.74 Å². The SMILES string of the molecule is CCOc1ccccc1C(NC)c1cnn2ccccc12. The summed E-state index contributed by atoms with van der Waals surface area (Å²) in [7, 11) is 1.96. The van der Waals surface area contributed by atoms with Gasteiger partial charge in [0.1, 0.15) is 5.75 Å². The molecule has 0 saturated carbocycles. The van der Waals surface area contributed by atoms with Gasteiger partial charge in [-0.25, -0.2) is 4.52 Å². The van der Waals surface area contributed by atoms with Crippen molar-refractivity contribution in [1.29, 1.82) is 0 Å². The number of hydrogen-bond acceptors (Lipinski definition) is 3. The Labute approximate surface area is 124 Å². The lowest BCUT2D eigenvalue weighted by molar-refractivity contribution is 0.334. The molecule has 1 unspecified atom stereocenters. The van der Waals surface area contributed by atoms with E-state index in [4.69, 9.17) is 4.74 Å². The predicted octanol–water partition coefficient (Wildman–Crippen LogP) is 3.04. The van der Waals surface area contributed by atoms with Gasteiger partial charge in [-0.3, -0.25) is 0 Å². The van der Waals surface area contributed by atoms with Gasteiger partial charge in [0.25, 0.3) is 0 Å². The molecule has 0 spiro atoms. The van der Waals surface area contributed by atoms with E-state index in [2.05, 4.69) is 22.5 Å². The standard InChI is InChI=1S/C17H19N3O/c1-3-21-16-10-5-4-8-13(16)17(18-2)14-12-19-20-11-7-6-9-15(14)20/h4-12,17-18H,3H2,1-2H3. The van der Waals surface area contributed by atoms with Crippen LogP contribution in [0.15, 0.2) is 54.9 Å². The second kappa shape index (κ2) is 5.97. The summed E-state index contributed by atoms with van der Waals surface area (Å²) in [5, 5.41) is 7.80. The van der Waals surface area contributed by atoms with E-state index < -0.39 is 0 Å². The molecule has 2 aromatic heterocycles. The molecule has 1 atom stereocenters. The molecule has 0 amide bonds. The van der Waals surface area contributed by atoms with Gasteiger partial charge in [-0.2, -0.15) is 5.10 Å². The first kappa shape index (κ1) is 13.6. The molecule has 3 aromatic rings. The molecule has 0 aliphatic rings. The predicted molar refractivity (Wildman–Crippen MR) is 83.7 cm³/mol. The van der Waals surface area contributed by atoms with Gasteiger partial charge in [0, 0.05) is 17.3 Å². The summed E-state index contributed by atoms with van der Waals surface area (Å²) in [6.45, 7) is 2.66. The summed E-state index contributed by atoms with van der Waals surface area (Å²) in [5.74, 6) is 0.912. The monoisotopic (exact) mass is 281 g/mol. The third-order valence-electron chi connectivity index (χ3n) is 3.59. The van der Waals surface area contributed by atoms with Crippen LogP contribution in [-0.4, -0.2) is 23.3 Å². The second-order valence-electron chi connectivity index (χ2n) is 4.82. The third-order valence-corrected chi connectivity index (χ3v) is 3.59. The third kappa shape index (κ3) is 2.50. The summed E-state index contributed by atoms with van der Waals surface area (Å²) in [6, 6.07) is 14.3. The quantitative estimate of drug-likeness (QED) is 0.781. The molecule has 3 rings (SSSR count). The van der Waals surface area contributed by atoms with Crippen molar-refractivity contribution in [2.24, 2.45) is 0 Å².